The number of amides is 1. The number of non-ortho nitro benzene ring substituents is 1. The van der Waals surface area contributed by atoms with E-state index in [1.165, 1.54) is 24.3 Å². The van der Waals surface area contributed by atoms with Gasteiger partial charge >= 0.3 is 0 Å². The number of carbonyl (C=O) groups excluding carboxylic acids is 1. The molecule has 7 nitrogen and oxygen atoms in total. The third-order valence-electron chi connectivity index (χ3n) is 4.84. The topological polar surface area (TPSA) is 93.8 Å². The van der Waals surface area contributed by atoms with Gasteiger partial charge in [-0.25, -0.2) is 5.43 Å². The van der Waals surface area contributed by atoms with Crippen LogP contribution in [0.3, 0.4) is 0 Å². The second kappa shape index (κ2) is 8.29. The highest BCUT2D eigenvalue weighted by Gasteiger charge is 2.28. The van der Waals surface area contributed by atoms with Gasteiger partial charge in [-0.05, 0) is 56.1 Å². The molecule has 7 heteroatoms. The van der Waals surface area contributed by atoms with Gasteiger partial charge in [-0.1, -0.05) is 20.8 Å². The summed E-state index contributed by atoms with van der Waals surface area (Å²) in [5.74, 6) is 0.743. The van der Waals surface area contributed by atoms with E-state index in [-0.39, 0.29) is 11.6 Å². The van der Waals surface area contributed by atoms with Crippen LogP contribution in [0, 0.1) is 21.4 Å². The van der Waals surface area contributed by atoms with Gasteiger partial charge in [-0.15, -0.1) is 0 Å². The van der Waals surface area contributed by atoms with Crippen LogP contribution in [0.2, 0.25) is 0 Å². The van der Waals surface area contributed by atoms with Crippen LogP contribution in [-0.2, 0) is 4.79 Å². The second-order valence-corrected chi connectivity index (χ2v) is 7.81. The Labute approximate surface area is 154 Å². The summed E-state index contributed by atoms with van der Waals surface area (Å²) in [4.78, 5) is 22.3. The summed E-state index contributed by atoms with van der Waals surface area (Å²) in [5, 5.41) is 14.9. The zero-order chi connectivity index (χ0) is 19.3. The molecular formula is C19H27N3O4. The maximum Gasteiger partial charge on any atom is 0.280 e. The zero-order valence-corrected chi connectivity index (χ0v) is 15.8. The maximum absolute atomic E-state index is 12.1. The average molecular weight is 361 g/mol. The van der Waals surface area contributed by atoms with Crippen molar-refractivity contribution in [3.8, 4) is 5.75 Å². The summed E-state index contributed by atoms with van der Waals surface area (Å²) in [7, 11) is 0. The van der Waals surface area contributed by atoms with E-state index >= 15 is 0 Å². The Morgan fingerprint density at radius 1 is 1.27 bits per heavy atom. The van der Waals surface area contributed by atoms with Crippen LogP contribution in [0.1, 0.15) is 53.4 Å². The lowest BCUT2D eigenvalue weighted by atomic mass is 9.72. The van der Waals surface area contributed by atoms with Crippen molar-refractivity contribution < 1.29 is 14.5 Å². The summed E-state index contributed by atoms with van der Waals surface area (Å²) in [6.07, 6.45) is 3.24. The summed E-state index contributed by atoms with van der Waals surface area (Å²) in [5.41, 5.74) is 3.87. The molecule has 1 aromatic carbocycles. The average Bonchev–Trinajstić information content (AvgIpc) is 2.59. The van der Waals surface area contributed by atoms with Crippen molar-refractivity contribution in [2.45, 2.75) is 59.5 Å². The van der Waals surface area contributed by atoms with Crippen molar-refractivity contribution in [1.82, 2.24) is 5.43 Å². The van der Waals surface area contributed by atoms with Crippen LogP contribution < -0.4 is 10.2 Å². The van der Waals surface area contributed by atoms with Crippen molar-refractivity contribution in [2.75, 3.05) is 0 Å². The standard InChI is InChI=1S/C19H27N3O4/c1-13(26-17-11-9-16(10-12-17)22(24)25)18(23)21-20-15-7-5-14(6-8-15)19(2,3)4/h9-14H,5-8H2,1-4H3,(H,21,23)/t13-,14?/m1/s1. The molecule has 0 aliphatic heterocycles. The normalized spacial score (nSPS) is 18.8. The van der Waals surface area contributed by atoms with E-state index in [0.29, 0.717) is 17.1 Å². The summed E-state index contributed by atoms with van der Waals surface area (Å²) in [6, 6.07) is 5.63. The van der Waals surface area contributed by atoms with Gasteiger partial charge < -0.3 is 4.74 Å². The van der Waals surface area contributed by atoms with E-state index < -0.39 is 11.0 Å². The first-order chi connectivity index (χ1) is 12.2. The number of carbonyl (C=O) groups is 1. The summed E-state index contributed by atoms with van der Waals surface area (Å²) >= 11 is 0. The lowest BCUT2D eigenvalue weighted by Crippen LogP contribution is -2.34. The highest BCUT2D eigenvalue weighted by atomic mass is 16.6. The van der Waals surface area contributed by atoms with Crippen LogP contribution in [-0.4, -0.2) is 22.6 Å². The molecule has 1 aliphatic rings. The van der Waals surface area contributed by atoms with Gasteiger partial charge in [0.1, 0.15) is 5.75 Å². The minimum atomic E-state index is -0.744. The molecule has 0 saturated heterocycles. The number of nitrogens with zero attached hydrogens (tertiary/aromatic N) is 2. The minimum absolute atomic E-state index is 0.0216. The number of hydrogen-bond donors (Lipinski definition) is 1. The van der Waals surface area contributed by atoms with Crippen molar-refractivity contribution in [3.05, 3.63) is 34.4 Å². The SMILES string of the molecule is C[C@@H](Oc1ccc([N+](=O)[O-])cc1)C(=O)NN=C1CCC(C(C)(C)C)CC1. The molecule has 1 saturated carbocycles. The fourth-order valence-corrected chi connectivity index (χ4v) is 3.06. The number of benzene rings is 1. The largest absolute Gasteiger partial charge is 0.481 e. The van der Waals surface area contributed by atoms with E-state index in [1.54, 1.807) is 6.92 Å². The van der Waals surface area contributed by atoms with Gasteiger partial charge in [-0.2, -0.15) is 5.10 Å². The fraction of sp³-hybridized carbons (Fsp3) is 0.579. The summed E-state index contributed by atoms with van der Waals surface area (Å²) in [6.45, 7) is 8.41. The molecule has 0 aromatic heterocycles. The molecular weight excluding hydrogens is 334 g/mol. The van der Waals surface area contributed by atoms with Crippen molar-refractivity contribution in [1.29, 1.82) is 0 Å². The van der Waals surface area contributed by atoms with E-state index in [2.05, 4.69) is 31.3 Å². The van der Waals surface area contributed by atoms with E-state index in [1.807, 2.05) is 0 Å². The van der Waals surface area contributed by atoms with Gasteiger partial charge in [0.2, 0.25) is 0 Å². The van der Waals surface area contributed by atoms with Crippen LogP contribution in [0.4, 0.5) is 5.69 Å². The third-order valence-corrected chi connectivity index (χ3v) is 4.84. The molecule has 1 N–H and O–H groups in total. The molecule has 142 valence electrons. The van der Waals surface area contributed by atoms with Crippen LogP contribution in [0.5, 0.6) is 5.75 Å². The van der Waals surface area contributed by atoms with Crippen molar-refractivity contribution in [2.24, 2.45) is 16.4 Å². The second-order valence-electron chi connectivity index (χ2n) is 7.81. The molecule has 1 fully saturated rings. The predicted molar refractivity (Wildman–Crippen MR) is 100 cm³/mol. The number of ether oxygens (including phenoxy) is 1. The van der Waals surface area contributed by atoms with E-state index in [4.69, 9.17) is 4.74 Å². The number of hydrogen-bond acceptors (Lipinski definition) is 5. The van der Waals surface area contributed by atoms with Crippen LogP contribution >= 0.6 is 0 Å². The Morgan fingerprint density at radius 3 is 2.35 bits per heavy atom. The third kappa shape index (κ3) is 5.54. The van der Waals surface area contributed by atoms with Gasteiger partial charge in [0.15, 0.2) is 6.10 Å². The lowest BCUT2D eigenvalue weighted by Gasteiger charge is -2.34. The Bertz CT molecular complexity index is 667. The lowest BCUT2D eigenvalue weighted by molar-refractivity contribution is -0.384. The number of nitrogens with one attached hydrogen (secondary N) is 1. The Morgan fingerprint density at radius 2 is 1.85 bits per heavy atom. The monoisotopic (exact) mass is 361 g/mol. The van der Waals surface area contributed by atoms with E-state index in [9.17, 15) is 14.9 Å². The number of nitro benzene ring substituents is 1. The number of nitro groups is 1. The van der Waals surface area contributed by atoms with Crippen LogP contribution in [0.25, 0.3) is 0 Å². The van der Waals surface area contributed by atoms with Gasteiger partial charge in [0.05, 0.1) is 4.92 Å². The predicted octanol–water partition coefficient (Wildman–Crippen LogP) is 4.07. The molecule has 0 spiro atoms. The molecule has 0 unspecified atom stereocenters. The Balaban J connectivity index is 1.83. The number of rotatable bonds is 5. The van der Waals surface area contributed by atoms with Crippen molar-refractivity contribution >= 4 is 17.3 Å². The first-order valence-electron chi connectivity index (χ1n) is 8.93. The Kier molecular flexibility index (Phi) is 6.34. The van der Waals surface area contributed by atoms with E-state index in [0.717, 1.165) is 31.4 Å². The molecule has 1 aliphatic carbocycles. The molecule has 1 aromatic rings. The molecule has 0 heterocycles. The Hall–Kier alpha value is -2.44. The summed E-state index contributed by atoms with van der Waals surface area (Å²) < 4.78 is 5.51. The highest BCUT2D eigenvalue weighted by molar-refractivity contribution is 5.87. The van der Waals surface area contributed by atoms with Gasteiger partial charge in [0.25, 0.3) is 11.6 Å². The quantitative estimate of drug-likeness (QED) is 0.632. The number of hydrazone groups is 1. The van der Waals surface area contributed by atoms with Crippen molar-refractivity contribution in [3.63, 3.8) is 0 Å². The molecule has 0 bridgehead atoms. The molecule has 1 atom stereocenters. The van der Waals surface area contributed by atoms with Gasteiger partial charge in [-0.3, -0.25) is 14.9 Å². The molecule has 1 amide bonds. The van der Waals surface area contributed by atoms with Crippen LogP contribution in [0.15, 0.2) is 29.4 Å². The zero-order valence-electron chi connectivity index (χ0n) is 15.8. The molecule has 2 rings (SSSR count). The first-order valence-corrected chi connectivity index (χ1v) is 8.93. The molecule has 0 radical (unpaired) electrons. The fourth-order valence-electron chi connectivity index (χ4n) is 3.06. The first kappa shape index (κ1) is 19.9. The maximum atomic E-state index is 12.1. The van der Waals surface area contributed by atoms with Gasteiger partial charge in [0, 0.05) is 17.8 Å². The smallest absolute Gasteiger partial charge is 0.280 e. The molecule has 26 heavy (non-hydrogen) atoms. The minimum Gasteiger partial charge on any atom is -0.481 e. The highest BCUT2D eigenvalue weighted by Crippen LogP contribution is 2.36.